The third-order valence-electron chi connectivity index (χ3n) is 3.89. The molecule has 3 rings (SSSR count). The van der Waals surface area contributed by atoms with Crippen LogP contribution in [0.4, 0.5) is 5.69 Å². The van der Waals surface area contributed by atoms with Crippen molar-refractivity contribution in [3.8, 4) is 11.5 Å². The highest BCUT2D eigenvalue weighted by Crippen LogP contribution is 2.24. The summed E-state index contributed by atoms with van der Waals surface area (Å²) >= 11 is 0. The molecule has 1 heterocycles. The fourth-order valence-electron chi connectivity index (χ4n) is 2.40. The number of carbonyl (C=O) groups is 1. The summed E-state index contributed by atoms with van der Waals surface area (Å²) < 4.78 is 10.9. The van der Waals surface area contributed by atoms with Gasteiger partial charge in [-0.05, 0) is 31.5 Å². The molecule has 0 bridgehead atoms. The van der Waals surface area contributed by atoms with E-state index in [1.807, 2.05) is 31.2 Å². The number of nitro benzene ring substituents is 1. The van der Waals surface area contributed by atoms with Crippen LogP contribution in [0.25, 0.3) is 11.5 Å². The van der Waals surface area contributed by atoms with Gasteiger partial charge in [0.25, 0.3) is 11.6 Å². The lowest BCUT2D eigenvalue weighted by molar-refractivity contribution is -0.384. The lowest BCUT2D eigenvalue weighted by Gasteiger charge is -2.09. The molecule has 1 unspecified atom stereocenters. The van der Waals surface area contributed by atoms with E-state index in [2.05, 4.69) is 10.2 Å². The summed E-state index contributed by atoms with van der Waals surface area (Å²) in [6.45, 7) is 3.61. The first-order chi connectivity index (χ1) is 12.9. The molecule has 1 aromatic heterocycles. The van der Waals surface area contributed by atoms with Gasteiger partial charge in [-0.2, -0.15) is 0 Å². The minimum atomic E-state index is -0.706. The van der Waals surface area contributed by atoms with E-state index in [-0.39, 0.29) is 23.9 Å². The molecule has 0 saturated carbocycles. The Morgan fingerprint density at radius 2 is 1.81 bits per heavy atom. The molecule has 0 spiro atoms. The topological polar surface area (TPSA) is 108 Å². The van der Waals surface area contributed by atoms with Crippen LogP contribution in [0.5, 0.6) is 0 Å². The zero-order valence-corrected chi connectivity index (χ0v) is 14.8. The number of esters is 1. The van der Waals surface area contributed by atoms with Crippen LogP contribution >= 0.6 is 0 Å². The molecule has 0 saturated heterocycles. The van der Waals surface area contributed by atoms with Gasteiger partial charge in [0.2, 0.25) is 5.89 Å². The van der Waals surface area contributed by atoms with E-state index in [1.54, 1.807) is 6.92 Å². The van der Waals surface area contributed by atoms with Crippen LogP contribution in [-0.4, -0.2) is 21.1 Å². The van der Waals surface area contributed by atoms with E-state index in [9.17, 15) is 14.9 Å². The molecule has 138 valence electrons. The standard InChI is InChI=1S/C19H17N3O5/c1-12-3-5-14(6-4-12)11-17(23)26-13(2)18-20-21-19(27-18)15-7-9-16(10-8-15)22(24)25/h3-10,13H,11H2,1-2H3. The van der Waals surface area contributed by atoms with Crippen LogP contribution in [0.3, 0.4) is 0 Å². The van der Waals surface area contributed by atoms with Gasteiger partial charge in [0, 0.05) is 17.7 Å². The number of nitro groups is 1. The molecule has 0 radical (unpaired) electrons. The Morgan fingerprint density at radius 3 is 2.44 bits per heavy atom. The number of nitrogens with zero attached hydrogens (tertiary/aromatic N) is 3. The van der Waals surface area contributed by atoms with Gasteiger partial charge in [-0.3, -0.25) is 14.9 Å². The van der Waals surface area contributed by atoms with Crippen LogP contribution in [-0.2, 0) is 16.0 Å². The van der Waals surface area contributed by atoms with Crippen LogP contribution in [0, 0.1) is 17.0 Å². The van der Waals surface area contributed by atoms with Crippen molar-refractivity contribution >= 4 is 11.7 Å². The first kappa shape index (κ1) is 18.2. The van der Waals surface area contributed by atoms with Crippen molar-refractivity contribution in [1.29, 1.82) is 0 Å². The van der Waals surface area contributed by atoms with Gasteiger partial charge in [-0.15, -0.1) is 10.2 Å². The normalized spacial score (nSPS) is 11.8. The summed E-state index contributed by atoms with van der Waals surface area (Å²) in [4.78, 5) is 22.3. The molecule has 0 aliphatic rings. The molecule has 3 aromatic rings. The first-order valence-corrected chi connectivity index (χ1v) is 8.25. The SMILES string of the molecule is Cc1ccc(CC(=O)OC(C)c2nnc(-c3ccc([N+](=O)[O-])cc3)o2)cc1. The van der Waals surface area contributed by atoms with Crippen molar-refractivity contribution < 1.29 is 18.9 Å². The quantitative estimate of drug-likeness (QED) is 0.370. The monoisotopic (exact) mass is 367 g/mol. The van der Waals surface area contributed by atoms with E-state index in [0.717, 1.165) is 11.1 Å². The van der Waals surface area contributed by atoms with E-state index in [1.165, 1.54) is 24.3 Å². The van der Waals surface area contributed by atoms with Gasteiger partial charge < -0.3 is 9.15 Å². The number of ether oxygens (including phenoxy) is 1. The average Bonchev–Trinajstić information content (AvgIpc) is 3.14. The molecular weight excluding hydrogens is 350 g/mol. The number of aromatic nitrogens is 2. The highest BCUT2D eigenvalue weighted by Gasteiger charge is 2.19. The summed E-state index contributed by atoms with van der Waals surface area (Å²) in [5, 5.41) is 18.5. The average molecular weight is 367 g/mol. The third-order valence-corrected chi connectivity index (χ3v) is 3.89. The van der Waals surface area contributed by atoms with Crippen molar-refractivity contribution in [2.75, 3.05) is 0 Å². The molecule has 2 aromatic carbocycles. The predicted molar refractivity (Wildman–Crippen MR) is 95.8 cm³/mol. The molecule has 0 amide bonds. The maximum atomic E-state index is 12.1. The largest absolute Gasteiger partial charge is 0.452 e. The number of non-ortho nitro benzene ring substituents is 1. The number of hydrogen-bond acceptors (Lipinski definition) is 7. The number of rotatable bonds is 6. The zero-order chi connectivity index (χ0) is 19.4. The third kappa shape index (κ3) is 4.55. The molecule has 1 atom stereocenters. The van der Waals surface area contributed by atoms with Crippen molar-refractivity contribution in [3.63, 3.8) is 0 Å². The highest BCUT2D eigenvalue weighted by molar-refractivity contribution is 5.72. The van der Waals surface area contributed by atoms with Gasteiger partial charge >= 0.3 is 5.97 Å². The molecule has 0 aliphatic heterocycles. The lowest BCUT2D eigenvalue weighted by atomic mass is 10.1. The summed E-state index contributed by atoms with van der Waals surface area (Å²) in [6, 6.07) is 13.4. The second-order valence-corrected chi connectivity index (χ2v) is 6.04. The number of carbonyl (C=O) groups excluding carboxylic acids is 1. The first-order valence-electron chi connectivity index (χ1n) is 8.25. The Balaban J connectivity index is 1.63. The van der Waals surface area contributed by atoms with Crippen molar-refractivity contribution in [2.24, 2.45) is 0 Å². The Bertz CT molecular complexity index is 948. The molecular formula is C19H17N3O5. The Labute approximate surface area is 155 Å². The van der Waals surface area contributed by atoms with Gasteiger partial charge in [-0.1, -0.05) is 29.8 Å². The summed E-state index contributed by atoms with van der Waals surface area (Å²) in [6.07, 6.45) is -0.559. The molecule has 0 aliphatic carbocycles. The summed E-state index contributed by atoms with van der Waals surface area (Å²) in [7, 11) is 0. The zero-order valence-electron chi connectivity index (χ0n) is 14.8. The molecule has 0 N–H and O–H groups in total. The minimum Gasteiger partial charge on any atom is -0.452 e. The number of hydrogen-bond donors (Lipinski definition) is 0. The Morgan fingerprint density at radius 1 is 1.15 bits per heavy atom. The molecule has 8 heteroatoms. The minimum absolute atomic E-state index is 0.0307. The van der Waals surface area contributed by atoms with Crippen LogP contribution in [0.15, 0.2) is 52.9 Å². The molecule has 8 nitrogen and oxygen atoms in total. The highest BCUT2D eigenvalue weighted by atomic mass is 16.6. The maximum Gasteiger partial charge on any atom is 0.311 e. The second kappa shape index (κ2) is 7.77. The summed E-state index contributed by atoms with van der Waals surface area (Å²) in [5.41, 5.74) is 2.48. The fraction of sp³-hybridized carbons (Fsp3) is 0.211. The van der Waals surface area contributed by atoms with E-state index >= 15 is 0 Å². The fourth-order valence-corrected chi connectivity index (χ4v) is 2.40. The van der Waals surface area contributed by atoms with Crippen molar-refractivity contribution in [2.45, 2.75) is 26.4 Å². The van der Waals surface area contributed by atoms with Crippen molar-refractivity contribution in [1.82, 2.24) is 10.2 Å². The Kier molecular flexibility index (Phi) is 5.25. The Hall–Kier alpha value is -3.55. The van der Waals surface area contributed by atoms with Crippen molar-refractivity contribution in [3.05, 3.63) is 75.7 Å². The van der Waals surface area contributed by atoms with Gasteiger partial charge in [0.05, 0.1) is 11.3 Å². The second-order valence-electron chi connectivity index (χ2n) is 6.04. The predicted octanol–water partition coefficient (Wildman–Crippen LogP) is 3.80. The van der Waals surface area contributed by atoms with Gasteiger partial charge in [0.15, 0.2) is 6.10 Å². The van der Waals surface area contributed by atoms with Crippen LogP contribution in [0.1, 0.15) is 30.0 Å². The van der Waals surface area contributed by atoms with Crippen LogP contribution in [0.2, 0.25) is 0 Å². The van der Waals surface area contributed by atoms with Gasteiger partial charge in [-0.25, -0.2) is 0 Å². The van der Waals surface area contributed by atoms with Gasteiger partial charge in [0.1, 0.15) is 0 Å². The van der Waals surface area contributed by atoms with E-state index in [4.69, 9.17) is 9.15 Å². The number of benzene rings is 2. The maximum absolute atomic E-state index is 12.1. The smallest absolute Gasteiger partial charge is 0.311 e. The molecule has 27 heavy (non-hydrogen) atoms. The lowest BCUT2D eigenvalue weighted by Crippen LogP contribution is -2.11. The number of aryl methyl sites for hydroxylation is 1. The summed E-state index contributed by atoms with van der Waals surface area (Å²) in [5.74, 6) is -0.0524. The van der Waals surface area contributed by atoms with E-state index in [0.29, 0.717) is 5.56 Å². The molecule has 0 fully saturated rings. The van der Waals surface area contributed by atoms with E-state index < -0.39 is 17.0 Å². The van der Waals surface area contributed by atoms with Crippen LogP contribution < -0.4 is 0 Å².